The first-order valence-corrected chi connectivity index (χ1v) is 23.4. The molecule has 0 fully saturated rings. The maximum atomic E-state index is 2.49. The molecule has 3 aromatic heterocycles. The van der Waals surface area contributed by atoms with Crippen molar-refractivity contribution in [2.45, 2.75) is 0 Å². The number of rotatable bonds is 7. The van der Waals surface area contributed by atoms with E-state index in [0.29, 0.717) is 0 Å². The quantitative estimate of drug-likeness (QED) is 0.155. The molecule has 0 aliphatic carbocycles. The molecule has 0 N–H and O–H groups in total. The van der Waals surface area contributed by atoms with Crippen LogP contribution in [0.2, 0.25) is 0 Å². The van der Waals surface area contributed by atoms with Gasteiger partial charge in [-0.15, -0.1) is 22.7 Å². The fourth-order valence-electron chi connectivity index (χ4n) is 9.72. The molecule has 0 spiro atoms. The van der Waals surface area contributed by atoms with E-state index < -0.39 is 0 Å². The molecule has 3 heterocycles. The molecule has 0 saturated carbocycles. The molecule has 64 heavy (non-hydrogen) atoms. The second kappa shape index (κ2) is 15.0. The van der Waals surface area contributed by atoms with E-state index in [1.807, 2.05) is 22.7 Å². The molecule has 0 saturated heterocycles. The van der Waals surface area contributed by atoms with Gasteiger partial charge < -0.3 is 9.47 Å². The first-order valence-electron chi connectivity index (χ1n) is 21.7. The number of hydrogen-bond acceptors (Lipinski definition) is 3. The van der Waals surface area contributed by atoms with Crippen molar-refractivity contribution in [2.24, 2.45) is 0 Å². The zero-order chi connectivity index (χ0) is 42.1. The van der Waals surface area contributed by atoms with Gasteiger partial charge in [-0.3, -0.25) is 0 Å². The van der Waals surface area contributed by atoms with E-state index in [4.69, 9.17) is 0 Å². The van der Waals surface area contributed by atoms with Crippen LogP contribution in [0.3, 0.4) is 0 Å². The number of aromatic nitrogens is 1. The van der Waals surface area contributed by atoms with Crippen molar-refractivity contribution in [3.8, 4) is 39.1 Å². The molecule has 4 heteroatoms. The van der Waals surface area contributed by atoms with Gasteiger partial charge in [-0.2, -0.15) is 0 Å². The fourth-order valence-corrected chi connectivity index (χ4v) is 12.0. The van der Waals surface area contributed by atoms with Crippen LogP contribution in [0.4, 0.5) is 17.1 Å². The molecular formula is C60H38N2S2. The highest BCUT2D eigenvalue weighted by atomic mass is 32.1. The van der Waals surface area contributed by atoms with Crippen molar-refractivity contribution in [1.82, 2.24) is 4.57 Å². The molecule has 0 atom stereocenters. The summed E-state index contributed by atoms with van der Waals surface area (Å²) in [5, 5.41) is 7.60. The van der Waals surface area contributed by atoms with Crippen LogP contribution in [-0.4, -0.2) is 4.57 Å². The lowest BCUT2D eigenvalue weighted by Gasteiger charge is -2.27. The Kier molecular flexibility index (Phi) is 8.61. The summed E-state index contributed by atoms with van der Waals surface area (Å²) in [6, 6.07) is 84.8. The van der Waals surface area contributed by atoms with Gasteiger partial charge in [0.2, 0.25) is 0 Å². The molecule has 13 rings (SSSR count). The zero-order valence-corrected chi connectivity index (χ0v) is 36.3. The van der Waals surface area contributed by atoms with Crippen molar-refractivity contribution in [1.29, 1.82) is 0 Å². The highest BCUT2D eigenvalue weighted by molar-refractivity contribution is 7.26. The van der Waals surface area contributed by atoms with Crippen molar-refractivity contribution in [3.63, 3.8) is 0 Å². The summed E-state index contributed by atoms with van der Waals surface area (Å²) in [5.41, 5.74) is 14.2. The molecule has 13 aromatic rings. The summed E-state index contributed by atoms with van der Waals surface area (Å²) < 4.78 is 7.57. The molecule has 10 aromatic carbocycles. The Morgan fingerprint density at radius 1 is 0.297 bits per heavy atom. The third-order valence-corrected chi connectivity index (χ3v) is 15.2. The van der Waals surface area contributed by atoms with E-state index in [1.165, 1.54) is 101 Å². The third-order valence-electron chi connectivity index (χ3n) is 12.8. The lowest BCUT2D eigenvalue weighted by molar-refractivity contribution is 1.18. The number of benzene rings is 10. The van der Waals surface area contributed by atoms with Gasteiger partial charge in [-0.05, 0) is 118 Å². The van der Waals surface area contributed by atoms with E-state index in [-0.39, 0.29) is 0 Å². The number of fused-ring (bicyclic) bond motifs is 9. The van der Waals surface area contributed by atoms with Crippen LogP contribution >= 0.6 is 22.7 Å². The second-order valence-corrected chi connectivity index (χ2v) is 18.6. The Hall–Kier alpha value is -7.76. The van der Waals surface area contributed by atoms with E-state index in [2.05, 4.69) is 240 Å². The molecule has 300 valence electrons. The van der Waals surface area contributed by atoms with Gasteiger partial charge in [0, 0.05) is 63.5 Å². The molecular weight excluding hydrogens is 813 g/mol. The summed E-state index contributed by atoms with van der Waals surface area (Å²) in [6.45, 7) is 0. The Morgan fingerprint density at radius 2 is 0.812 bits per heavy atom. The number of anilines is 3. The van der Waals surface area contributed by atoms with Crippen LogP contribution < -0.4 is 4.90 Å². The number of nitrogens with zero attached hydrogens (tertiary/aromatic N) is 2. The largest absolute Gasteiger partial charge is 0.309 e. The maximum Gasteiger partial charge on any atom is 0.0646 e. The summed E-state index contributed by atoms with van der Waals surface area (Å²) in [6.07, 6.45) is 0. The van der Waals surface area contributed by atoms with Crippen LogP contribution in [0.5, 0.6) is 0 Å². The van der Waals surface area contributed by atoms with E-state index in [9.17, 15) is 0 Å². The highest BCUT2D eigenvalue weighted by Gasteiger charge is 2.22. The zero-order valence-electron chi connectivity index (χ0n) is 34.7. The van der Waals surface area contributed by atoms with Crippen molar-refractivity contribution in [2.75, 3.05) is 4.90 Å². The number of thiophene rings is 2. The topological polar surface area (TPSA) is 8.17 Å². The molecule has 0 aliphatic heterocycles. The summed E-state index contributed by atoms with van der Waals surface area (Å²) in [5.74, 6) is 0. The molecule has 2 nitrogen and oxygen atoms in total. The van der Waals surface area contributed by atoms with Gasteiger partial charge in [0.05, 0.1) is 21.4 Å². The minimum atomic E-state index is 1.12. The molecule has 0 aliphatic rings. The van der Waals surface area contributed by atoms with Crippen LogP contribution in [0.25, 0.3) is 101 Å². The summed E-state index contributed by atoms with van der Waals surface area (Å²) in [7, 11) is 0. The Balaban J connectivity index is 1.02. The maximum absolute atomic E-state index is 2.49. The van der Waals surface area contributed by atoms with E-state index in [1.54, 1.807) is 0 Å². The van der Waals surface area contributed by atoms with Gasteiger partial charge in [-0.25, -0.2) is 0 Å². The van der Waals surface area contributed by atoms with Gasteiger partial charge in [0.15, 0.2) is 0 Å². The van der Waals surface area contributed by atoms with Gasteiger partial charge in [0.1, 0.15) is 0 Å². The van der Waals surface area contributed by atoms with Gasteiger partial charge >= 0.3 is 0 Å². The predicted molar refractivity (Wildman–Crippen MR) is 278 cm³/mol. The van der Waals surface area contributed by atoms with Crippen molar-refractivity contribution in [3.05, 3.63) is 231 Å². The van der Waals surface area contributed by atoms with Crippen molar-refractivity contribution < 1.29 is 0 Å². The first kappa shape index (κ1) is 36.9. The summed E-state index contributed by atoms with van der Waals surface area (Å²) >= 11 is 3.74. The van der Waals surface area contributed by atoms with Gasteiger partial charge in [-0.1, -0.05) is 146 Å². The predicted octanol–water partition coefficient (Wildman–Crippen LogP) is 18.0. The highest BCUT2D eigenvalue weighted by Crippen LogP contribution is 2.49. The summed E-state index contributed by atoms with van der Waals surface area (Å²) in [4.78, 5) is 2.49. The average Bonchev–Trinajstić information content (AvgIpc) is 4.04. The SMILES string of the molecule is c1ccc(-c2ccc(N(c3ccc4sc5ccccc5c4c3)c3cc(-c4ccc5c(c4)c4ccccc4n5-c4ccc(-c5ccccc5)cc4)cc4c3sc3ccccc34)cc2)cc1. The van der Waals surface area contributed by atoms with Crippen LogP contribution in [0.15, 0.2) is 231 Å². The Labute approximate surface area is 378 Å². The van der Waals surface area contributed by atoms with Crippen LogP contribution in [0, 0.1) is 0 Å². The lowest BCUT2D eigenvalue weighted by Crippen LogP contribution is -2.10. The van der Waals surface area contributed by atoms with Gasteiger partial charge in [0.25, 0.3) is 0 Å². The molecule has 0 amide bonds. The average molecular weight is 851 g/mol. The number of para-hydroxylation sites is 1. The van der Waals surface area contributed by atoms with E-state index >= 15 is 0 Å². The normalized spacial score (nSPS) is 11.8. The molecule has 0 radical (unpaired) electrons. The monoisotopic (exact) mass is 850 g/mol. The van der Waals surface area contributed by atoms with Crippen LogP contribution in [-0.2, 0) is 0 Å². The number of hydrogen-bond donors (Lipinski definition) is 0. The van der Waals surface area contributed by atoms with Crippen molar-refractivity contribution >= 4 is 102 Å². The second-order valence-electron chi connectivity index (χ2n) is 16.5. The lowest BCUT2D eigenvalue weighted by atomic mass is 9.98. The smallest absolute Gasteiger partial charge is 0.0646 e. The minimum absolute atomic E-state index is 1.12. The molecule has 0 unspecified atom stereocenters. The fraction of sp³-hybridized carbons (Fsp3) is 0. The van der Waals surface area contributed by atoms with Crippen LogP contribution in [0.1, 0.15) is 0 Å². The first-order chi connectivity index (χ1) is 31.7. The Bertz CT molecular complexity index is 3880. The Morgan fingerprint density at radius 3 is 1.53 bits per heavy atom. The standard InChI is InChI=1S/C60H38N2S2/c1-3-13-39(14-4-1)41-23-28-45(29-24-41)61(47-32-34-59-52(38-47)49-18-8-11-21-57(49)63-59)56-37-44(36-53-50-19-9-12-22-58(50)64-60(53)56)43-27-33-55-51(35-43)48-17-7-10-20-54(48)62(55)46-30-25-42(26-31-46)40-15-5-2-6-16-40/h1-38H. The van der Waals surface area contributed by atoms with E-state index in [0.717, 1.165) is 17.1 Å². The molecule has 0 bridgehead atoms. The minimum Gasteiger partial charge on any atom is -0.309 e. The third kappa shape index (κ3) is 6.06.